The molecule has 27 heavy (non-hydrogen) atoms. The van der Waals surface area contributed by atoms with Gasteiger partial charge in [0.1, 0.15) is 0 Å². The summed E-state index contributed by atoms with van der Waals surface area (Å²) in [5, 5.41) is 4.23. The largest absolute Gasteiger partial charge is 0.326 e. The number of thiazole rings is 1. The average Bonchev–Trinajstić information content (AvgIpc) is 3.10. The van der Waals surface area contributed by atoms with Gasteiger partial charge in [0.25, 0.3) is 0 Å². The Balaban J connectivity index is 1.52. The van der Waals surface area contributed by atoms with Gasteiger partial charge in [0, 0.05) is 22.7 Å². The van der Waals surface area contributed by atoms with Crippen LogP contribution in [0.25, 0.3) is 0 Å². The number of hydrogen-bond donors (Lipinski definition) is 1. The molecule has 0 saturated carbocycles. The summed E-state index contributed by atoms with van der Waals surface area (Å²) in [6.45, 7) is 0. The minimum atomic E-state index is -1.02. The molecule has 1 aromatic heterocycles. The van der Waals surface area contributed by atoms with Crippen molar-refractivity contribution < 1.29 is 18.4 Å². The van der Waals surface area contributed by atoms with Crippen LogP contribution in [0.2, 0.25) is 0 Å². The first kappa shape index (κ1) is 19.2. The molecule has 4 nitrogen and oxygen atoms in total. The molecule has 0 radical (unpaired) electrons. The number of carbonyl (C=O) groups is 2. The summed E-state index contributed by atoms with van der Waals surface area (Å²) >= 11 is 2.66. The predicted octanol–water partition coefficient (Wildman–Crippen LogP) is 4.58. The van der Waals surface area contributed by atoms with Gasteiger partial charge in [-0.1, -0.05) is 42.1 Å². The lowest BCUT2D eigenvalue weighted by atomic mass is 10.2. The number of rotatable bonds is 7. The van der Waals surface area contributed by atoms with Gasteiger partial charge in [-0.15, -0.1) is 11.3 Å². The summed E-state index contributed by atoms with van der Waals surface area (Å²) in [4.78, 5) is 28.4. The standard InChI is InChI=1S/C19H14F2N2O2S2/c20-15-7-6-13(8-16(15)21)22-18(25)9-14-10-26-19(23-14)27-11-17(24)12-4-2-1-3-5-12/h1-8,10H,9,11H2,(H,22,25). The predicted molar refractivity (Wildman–Crippen MR) is 102 cm³/mol. The zero-order valence-electron chi connectivity index (χ0n) is 13.9. The molecule has 0 aliphatic carbocycles. The van der Waals surface area contributed by atoms with Crippen LogP contribution < -0.4 is 5.32 Å². The number of nitrogens with zero attached hydrogens (tertiary/aromatic N) is 1. The van der Waals surface area contributed by atoms with Crippen molar-refractivity contribution in [1.29, 1.82) is 0 Å². The maximum absolute atomic E-state index is 13.2. The van der Waals surface area contributed by atoms with Gasteiger partial charge in [-0.25, -0.2) is 13.8 Å². The zero-order valence-corrected chi connectivity index (χ0v) is 15.6. The van der Waals surface area contributed by atoms with E-state index in [9.17, 15) is 18.4 Å². The number of halogens is 2. The normalized spacial score (nSPS) is 10.6. The fourth-order valence-electron chi connectivity index (χ4n) is 2.21. The van der Waals surface area contributed by atoms with Crippen LogP contribution in [0, 0.1) is 11.6 Å². The minimum absolute atomic E-state index is 0.00267. The molecule has 0 atom stereocenters. The van der Waals surface area contributed by atoms with Gasteiger partial charge in [0.05, 0.1) is 17.9 Å². The third-order valence-corrected chi connectivity index (χ3v) is 5.57. The van der Waals surface area contributed by atoms with E-state index in [1.807, 2.05) is 18.2 Å². The molecule has 1 heterocycles. The van der Waals surface area contributed by atoms with Crippen molar-refractivity contribution in [3.63, 3.8) is 0 Å². The molecule has 8 heteroatoms. The van der Waals surface area contributed by atoms with Gasteiger partial charge in [-0.05, 0) is 12.1 Å². The van der Waals surface area contributed by atoms with Crippen molar-refractivity contribution in [2.24, 2.45) is 0 Å². The number of ketones is 1. The van der Waals surface area contributed by atoms with E-state index in [2.05, 4.69) is 10.3 Å². The maximum atomic E-state index is 13.2. The minimum Gasteiger partial charge on any atom is -0.326 e. The molecule has 3 rings (SSSR count). The first-order valence-electron chi connectivity index (χ1n) is 7.91. The van der Waals surface area contributed by atoms with Crippen LogP contribution in [-0.2, 0) is 11.2 Å². The molecule has 0 spiro atoms. The third kappa shape index (κ3) is 5.45. The molecule has 3 aromatic rings. The highest BCUT2D eigenvalue weighted by molar-refractivity contribution is 8.01. The van der Waals surface area contributed by atoms with Crippen LogP contribution in [-0.4, -0.2) is 22.4 Å². The number of Topliss-reactive ketones (excluding diaryl/α,β-unsaturated/α-hetero) is 1. The number of amides is 1. The van der Waals surface area contributed by atoms with E-state index < -0.39 is 11.6 Å². The molecule has 1 N–H and O–H groups in total. The highest BCUT2D eigenvalue weighted by Crippen LogP contribution is 2.24. The number of aromatic nitrogens is 1. The van der Waals surface area contributed by atoms with Gasteiger partial charge in [-0.2, -0.15) is 0 Å². The van der Waals surface area contributed by atoms with Crippen molar-refractivity contribution in [2.45, 2.75) is 10.8 Å². The van der Waals surface area contributed by atoms with Crippen LogP contribution in [0.4, 0.5) is 14.5 Å². The maximum Gasteiger partial charge on any atom is 0.230 e. The van der Waals surface area contributed by atoms with Crippen molar-refractivity contribution in [3.05, 3.63) is 76.8 Å². The lowest BCUT2D eigenvalue weighted by Crippen LogP contribution is -2.14. The number of hydrogen-bond acceptors (Lipinski definition) is 5. The van der Waals surface area contributed by atoms with Crippen LogP contribution in [0.5, 0.6) is 0 Å². The fourth-order valence-corrected chi connectivity index (χ4v) is 3.95. The molecular formula is C19H14F2N2O2S2. The lowest BCUT2D eigenvalue weighted by molar-refractivity contribution is -0.115. The monoisotopic (exact) mass is 404 g/mol. The number of benzene rings is 2. The molecule has 1 amide bonds. The van der Waals surface area contributed by atoms with Crippen molar-refractivity contribution in [2.75, 3.05) is 11.1 Å². The Kier molecular flexibility index (Phi) is 6.31. The summed E-state index contributed by atoms with van der Waals surface area (Å²) in [5.41, 5.74) is 1.37. The van der Waals surface area contributed by atoms with Gasteiger partial charge < -0.3 is 5.32 Å². The van der Waals surface area contributed by atoms with E-state index in [1.165, 1.54) is 29.2 Å². The molecule has 0 fully saturated rings. The second-order valence-corrected chi connectivity index (χ2v) is 7.62. The summed E-state index contributed by atoms with van der Waals surface area (Å²) in [7, 11) is 0. The lowest BCUT2D eigenvalue weighted by Gasteiger charge is -2.04. The van der Waals surface area contributed by atoms with E-state index in [-0.39, 0.29) is 29.6 Å². The summed E-state index contributed by atoms with van der Waals surface area (Å²) in [6.07, 6.45) is 0.00267. The van der Waals surface area contributed by atoms with Crippen LogP contribution in [0.15, 0.2) is 58.3 Å². The SMILES string of the molecule is O=C(Cc1csc(SCC(=O)c2ccccc2)n1)Nc1ccc(F)c(F)c1. The van der Waals surface area contributed by atoms with Gasteiger partial charge in [-0.3, -0.25) is 9.59 Å². The van der Waals surface area contributed by atoms with Gasteiger partial charge in [0.15, 0.2) is 21.8 Å². The smallest absolute Gasteiger partial charge is 0.230 e. The van der Waals surface area contributed by atoms with E-state index in [0.717, 1.165) is 12.1 Å². The van der Waals surface area contributed by atoms with Crippen molar-refractivity contribution in [3.8, 4) is 0 Å². The highest BCUT2D eigenvalue weighted by atomic mass is 32.2. The Bertz CT molecular complexity index is 961. The molecule has 138 valence electrons. The van der Waals surface area contributed by atoms with Crippen LogP contribution >= 0.6 is 23.1 Å². The van der Waals surface area contributed by atoms with Crippen molar-refractivity contribution in [1.82, 2.24) is 4.98 Å². The molecule has 0 saturated heterocycles. The topological polar surface area (TPSA) is 59.1 Å². The molecule has 0 unspecified atom stereocenters. The molecule has 0 aliphatic heterocycles. The summed E-state index contributed by atoms with van der Waals surface area (Å²) < 4.78 is 26.8. The van der Waals surface area contributed by atoms with Crippen LogP contribution in [0.1, 0.15) is 16.1 Å². The Morgan fingerprint density at radius 3 is 2.59 bits per heavy atom. The Morgan fingerprint density at radius 1 is 1.07 bits per heavy atom. The van der Waals surface area contributed by atoms with Crippen LogP contribution in [0.3, 0.4) is 0 Å². The first-order chi connectivity index (χ1) is 13.0. The Hall–Kier alpha value is -2.58. The first-order valence-corrected chi connectivity index (χ1v) is 9.78. The average molecular weight is 404 g/mol. The van der Waals surface area contributed by atoms with E-state index in [4.69, 9.17) is 0 Å². The van der Waals surface area contributed by atoms with Gasteiger partial charge in [0.2, 0.25) is 5.91 Å². The molecule has 2 aromatic carbocycles. The zero-order chi connectivity index (χ0) is 19.2. The molecule has 0 bridgehead atoms. The summed E-state index contributed by atoms with van der Waals surface area (Å²) in [6, 6.07) is 12.2. The van der Waals surface area contributed by atoms with E-state index >= 15 is 0 Å². The van der Waals surface area contributed by atoms with Gasteiger partial charge >= 0.3 is 0 Å². The number of nitrogens with one attached hydrogen (secondary N) is 1. The van der Waals surface area contributed by atoms with E-state index in [1.54, 1.807) is 17.5 Å². The molecular weight excluding hydrogens is 390 g/mol. The second kappa shape index (κ2) is 8.88. The highest BCUT2D eigenvalue weighted by Gasteiger charge is 2.12. The number of carbonyl (C=O) groups excluding carboxylic acids is 2. The Labute approximate surface area is 162 Å². The third-order valence-electron chi connectivity index (χ3n) is 3.50. The number of thioether (sulfide) groups is 1. The summed E-state index contributed by atoms with van der Waals surface area (Å²) in [5.74, 6) is -2.11. The Morgan fingerprint density at radius 2 is 1.85 bits per heavy atom. The van der Waals surface area contributed by atoms with E-state index in [0.29, 0.717) is 15.6 Å². The quantitative estimate of drug-likeness (QED) is 0.463. The second-order valence-electron chi connectivity index (χ2n) is 5.54. The fraction of sp³-hybridized carbons (Fsp3) is 0.105. The number of anilines is 1. The van der Waals surface area contributed by atoms with Crippen molar-refractivity contribution >= 4 is 40.5 Å². The molecule has 0 aliphatic rings.